The second-order valence-electron chi connectivity index (χ2n) is 7.73. The van der Waals surface area contributed by atoms with Crippen molar-refractivity contribution in [2.24, 2.45) is 7.05 Å². The topological polar surface area (TPSA) is 81.9 Å². The van der Waals surface area contributed by atoms with Crippen LogP contribution in [0.5, 0.6) is 5.75 Å². The van der Waals surface area contributed by atoms with Crippen molar-refractivity contribution in [3.63, 3.8) is 0 Å². The molecule has 1 N–H and O–H groups in total. The zero-order valence-electron chi connectivity index (χ0n) is 17.7. The average molecular weight is 434 g/mol. The molecule has 0 radical (unpaired) electrons. The van der Waals surface area contributed by atoms with Crippen molar-refractivity contribution >= 4 is 33.4 Å². The molecule has 5 rings (SSSR count). The lowest BCUT2D eigenvalue weighted by molar-refractivity contribution is 0.102. The maximum Gasteiger partial charge on any atom is 0.258 e. The molecule has 1 aliphatic rings. The molecule has 7 nitrogen and oxygen atoms in total. The third kappa shape index (κ3) is 3.79. The Labute approximate surface area is 184 Å². The number of pyridine rings is 1. The van der Waals surface area contributed by atoms with Crippen LogP contribution >= 0.6 is 11.3 Å². The number of benzene rings is 1. The third-order valence-corrected chi connectivity index (χ3v) is 6.17. The molecule has 1 amide bonds. The fourth-order valence-electron chi connectivity index (χ4n) is 3.75. The number of thiazole rings is 1. The molecule has 0 atom stereocenters. The number of amides is 1. The number of carbonyl (C=O) groups excluding carboxylic acids is 1. The lowest BCUT2D eigenvalue weighted by atomic mass is 10.1. The van der Waals surface area contributed by atoms with Crippen molar-refractivity contribution in [2.45, 2.75) is 32.6 Å². The fourth-order valence-corrected chi connectivity index (χ4v) is 4.46. The molecule has 1 fully saturated rings. The van der Waals surface area contributed by atoms with Gasteiger partial charge >= 0.3 is 0 Å². The summed E-state index contributed by atoms with van der Waals surface area (Å²) in [6, 6.07) is 9.71. The first kappa shape index (κ1) is 19.7. The lowest BCUT2D eigenvalue weighted by Crippen LogP contribution is -2.13. The van der Waals surface area contributed by atoms with Gasteiger partial charge in [-0.15, -0.1) is 11.3 Å². The largest absolute Gasteiger partial charge is 0.494 e. The standard InChI is InChI=1S/C23H23N5O2S/c1-4-30-16-9-7-15(8-10-16)19-12-31-23(25-19)26-22(29)17-11-18(14-5-6-14)24-21-20(17)13(2)27-28(21)3/h7-12,14H,4-6H2,1-3H3,(H,25,26,29). The highest BCUT2D eigenvalue weighted by Gasteiger charge is 2.28. The number of aromatic nitrogens is 4. The number of nitrogens with zero attached hydrogens (tertiary/aromatic N) is 4. The van der Waals surface area contributed by atoms with E-state index in [9.17, 15) is 4.79 Å². The molecule has 0 aliphatic heterocycles. The SMILES string of the molecule is CCOc1ccc(-c2csc(NC(=O)c3cc(C4CC4)nc4c3c(C)nn4C)n2)cc1. The van der Waals surface area contributed by atoms with Gasteiger partial charge in [0.15, 0.2) is 10.8 Å². The quantitative estimate of drug-likeness (QED) is 0.466. The summed E-state index contributed by atoms with van der Waals surface area (Å²) >= 11 is 1.41. The Kier molecular flexibility index (Phi) is 4.94. The van der Waals surface area contributed by atoms with Gasteiger partial charge in [-0.25, -0.2) is 9.97 Å². The second kappa shape index (κ2) is 7.77. The average Bonchev–Trinajstić information content (AvgIpc) is 3.45. The molecule has 0 saturated heterocycles. The first-order valence-electron chi connectivity index (χ1n) is 10.4. The molecule has 0 bridgehead atoms. The van der Waals surface area contributed by atoms with E-state index in [1.54, 1.807) is 4.68 Å². The minimum absolute atomic E-state index is 0.182. The van der Waals surface area contributed by atoms with Crippen LogP contribution in [0.1, 0.15) is 47.4 Å². The van der Waals surface area contributed by atoms with Crippen molar-refractivity contribution < 1.29 is 9.53 Å². The number of rotatable bonds is 6. The van der Waals surface area contributed by atoms with E-state index in [1.165, 1.54) is 11.3 Å². The van der Waals surface area contributed by atoms with Gasteiger partial charge in [-0.1, -0.05) is 0 Å². The molecular weight excluding hydrogens is 410 g/mol. The molecule has 1 aliphatic carbocycles. The Morgan fingerprint density at radius 1 is 1.26 bits per heavy atom. The van der Waals surface area contributed by atoms with Crippen molar-refractivity contribution in [1.29, 1.82) is 0 Å². The predicted octanol–water partition coefficient (Wildman–Crippen LogP) is 4.93. The van der Waals surface area contributed by atoms with Crippen LogP contribution in [0.3, 0.4) is 0 Å². The van der Waals surface area contributed by atoms with Gasteiger partial charge in [0.25, 0.3) is 5.91 Å². The second-order valence-corrected chi connectivity index (χ2v) is 8.58. The smallest absolute Gasteiger partial charge is 0.258 e. The van der Waals surface area contributed by atoms with Gasteiger partial charge in [-0.2, -0.15) is 5.10 Å². The maximum absolute atomic E-state index is 13.2. The molecule has 8 heteroatoms. The highest BCUT2D eigenvalue weighted by Crippen LogP contribution is 2.40. The van der Waals surface area contributed by atoms with Crippen molar-refractivity contribution in [3.8, 4) is 17.0 Å². The van der Waals surface area contributed by atoms with Crippen LogP contribution in [0, 0.1) is 6.92 Å². The number of fused-ring (bicyclic) bond motifs is 1. The van der Waals surface area contributed by atoms with E-state index in [2.05, 4.69) is 15.4 Å². The lowest BCUT2D eigenvalue weighted by Gasteiger charge is -2.07. The summed E-state index contributed by atoms with van der Waals surface area (Å²) in [6.45, 7) is 4.50. The van der Waals surface area contributed by atoms with Gasteiger partial charge in [0, 0.05) is 29.6 Å². The Morgan fingerprint density at radius 2 is 2.03 bits per heavy atom. The first-order chi connectivity index (χ1) is 15.0. The minimum atomic E-state index is -0.182. The molecular formula is C23H23N5O2S. The molecule has 3 aromatic heterocycles. The van der Waals surface area contributed by atoms with Gasteiger partial charge in [0.05, 0.1) is 28.9 Å². The van der Waals surface area contributed by atoms with Crippen LogP contribution in [0.25, 0.3) is 22.3 Å². The Hall–Kier alpha value is -3.26. The van der Waals surface area contributed by atoms with Gasteiger partial charge in [0.1, 0.15) is 5.75 Å². The van der Waals surface area contributed by atoms with Crippen LogP contribution in [-0.2, 0) is 7.05 Å². The van der Waals surface area contributed by atoms with Gasteiger partial charge in [-0.3, -0.25) is 14.8 Å². The molecule has 1 saturated carbocycles. The summed E-state index contributed by atoms with van der Waals surface area (Å²) in [5.74, 6) is 1.09. The van der Waals surface area contributed by atoms with Crippen LogP contribution < -0.4 is 10.1 Å². The monoisotopic (exact) mass is 433 g/mol. The summed E-state index contributed by atoms with van der Waals surface area (Å²) in [4.78, 5) is 22.6. The molecule has 4 aromatic rings. The van der Waals surface area contributed by atoms with E-state index < -0.39 is 0 Å². The summed E-state index contributed by atoms with van der Waals surface area (Å²) in [7, 11) is 1.87. The van der Waals surface area contributed by atoms with Gasteiger partial charge < -0.3 is 4.74 Å². The van der Waals surface area contributed by atoms with E-state index in [0.717, 1.165) is 52.3 Å². The summed E-state index contributed by atoms with van der Waals surface area (Å²) in [5.41, 5.74) is 4.92. The Morgan fingerprint density at radius 3 is 2.74 bits per heavy atom. The molecule has 158 valence electrons. The van der Waals surface area contributed by atoms with E-state index >= 15 is 0 Å². The van der Waals surface area contributed by atoms with Crippen LogP contribution in [0.15, 0.2) is 35.7 Å². The number of ether oxygens (including phenoxy) is 1. The van der Waals surface area contributed by atoms with Crippen molar-refractivity contribution in [1.82, 2.24) is 19.7 Å². The zero-order valence-corrected chi connectivity index (χ0v) is 18.5. The fraction of sp³-hybridized carbons (Fsp3) is 0.304. The molecule has 1 aromatic carbocycles. The molecule has 31 heavy (non-hydrogen) atoms. The van der Waals surface area contributed by atoms with Crippen molar-refractivity contribution in [2.75, 3.05) is 11.9 Å². The highest BCUT2D eigenvalue weighted by atomic mass is 32.1. The van der Waals surface area contributed by atoms with Gasteiger partial charge in [0.2, 0.25) is 0 Å². The molecule has 3 heterocycles. The third-order valence-electron chi connectivity index (χ3n) is 5.41. The number of nitrogens with one attached hydrogen (secondary N) is 1. The van der Waals surface area contributed by atoms with E-state index in [-0.39, 0.29) is 5.91 Å². The zero-order chi connectivity index (χ0) is 21.5. The number of aryl methyl sites for hydroxylation is 2. The first-order valence-corrected chi connectivity index (χ1v) is 11.3. The number of anilines is 1. The predicted molar refractivity (Wildman–Crippen MR) is 122 cm³/mol. The van der Waals surface area contributed by atoms with Crippen LogP contribution in [0.4, 0.5) is 5.13 Å². The Bertz CT molecular complexity index is 1270. The van der Waals surface area contributed by atoms with Crippen LogP contribution in [-0.4, -0.2) is 32.3 Å². The summed E-state index contributed by atoms with van der Waals surface area (Å²) in [6.07, 6.45) is 2.24. The summed E-state index contributed by atoms with van der Waals surface area (Å²) in [5, 5.41) is 10.8. The molecule has 0 unspecified atom stereocenters. The van der Waals surface area contributed by atoms with E-state index in [0.29, 0.717) is 23.2 Å². The minimum Gasteiger partial charge on any atom is -0.494 e. The highest BCUT2D eigenvalue weighted by molar-refractivity contribution is 7.14. The maximum atomic E-state index is 13.2. The number of hydrogen-bond donors (Lipinski definition) is 1. The summed E-state index contributed by atoms with van der Waals surface area (Å²) < 4.78 is 7.24. The van der Waals surface area contributed by atoms with Gasteiger partial charge in [-0.05, 0) is 57.0 Å². The normalized spacial score (nSPS) is 13.5. The molecule has 0 spiro atoms. The Balaban J connectivity index is 1.42. The number of carbonyl (C=O) groups is 1. The van der Waals surface area contributed by atoms with E-state index in [4.69, 9.17) is 9.72 Å². The van der Waals surface area contributed by atoms with Crippen molar-refractivity contribution in [3.05, 3.63) is 52.7 Å². The van der Waals surface area contributed by atoms with Crippen LogP contribution in [0.2, 0.25) is 0 Å². The number of hydrogen-bond acceptors (Lipinski definition) is 6. The van der Waals surface area contributed by atoms with E-state index in [1.807, 2.05) is 56.6 Å².